The van der Waals surface area contributed by atoms with Gasteiger partial charge in [-0.25, -0.2) is 0 Å². The van der Waals surface area contributed by atoms with Crippen molar-refractivity contribution >= 4 is 33.1 Å². The molecule has 3 heteroatoms. The number of carbonyl (C=O) groups is 1. The van der Waals surface area contributed by atoms with E-state index in [-0.39, 0.29) is 5.91 Å². The highest BCUT2D eigenvalue weighted by Crippen LogP contribution is 2.51. The molecule has 7 rings (SSSR count). The number of rotatable bonds is 3. The molecule has 0 aliphatic carbocycles. The first-order chi connectivity index (χ1) is 17.8. The first kappa shape index (κ1) is 20.9. The first-order valence-corrected chi connectivity index (χ1v) is 12.7. The van der Waals surface area contributed by atoms with E-state index in [4.69, 9.17) is 0 Å². The molecule has 6 aromatic rings. The first-order valence-electron chi connectivity index (χ1n) is 12.0. The molecule has 1 heterocycles. The van der Waals surface area contributed by atoms with Crippen molar-refractivity contribution in [1.29, 1.82) is 0 Å². The number of anilines is 1. The summed E-state index contributed by atoms with van der Waals surface area (Å²) in [5.74, 6) is -0.116. The molecule has 1 N–H and O–H groups in total. The molecule has 36 heavy (non-hydrogen) atoms. The lowest BCUT2D eigenvalue weighted by Gasteiger charge is -2.17. The molecule has 1 amide bonds. The van der Waals surface area contributed by atoms with Gasteiger partial charge in [0, 0.05) is 22.9 Å². The molecule has 0 saturated carbocycles. The highest BCUT2D eigenvalue weighted by molar-refractivity contribution is 6.16. The minimum Gasteiger partial charge on any atom is -0.321 e. The van der Waals surface area contributed by atoms with Gasteiger partial charge in [-0.15, -0.1) is 0 Å². The third-order valence-corrected chi connectivity index (χ3v) is 7.92. The van der Waals surface area contributed by atoms with E-state index in [1.807, 2.05) is 36.4 Å². The predicted octanol–water partition coefficient (Wildman–Crippen LogP) is 8.51. The molecule has 170 valence electrons. The second-order valence-electron chi connectivity index (χ2n) is 8.94. The van der Waals surface area contributed by atoms with Gasteiger partial charge in [0.25, 0.3) is 10.9 Å². The number of carbonyl (C=O) groups excluding carboxylic acids is 1. The Morgan fingerprint density at radius 2 is 1.25 bits per heavy atom. The van der Waals surface area contributed by atoms with Gasteiger partial charge in [-0.3, -0.25) is 4.79 Å². The van der Waals surface area contributed by atoms with Crippen molar-refractivity contribution in [3.05, 3.63) is 137 Å². The highest BCUT2D eigenvalue weighted by Gasteiger charge is 2.38. The Hall–Kier alpha value is -4.40. The van der Waals surface area contributed by atoms with E-state index in [0.717, 1.165) is 27.6 Å². The van der Waals surface area contributed by atoms with Gasteiger partial charge in [0.2, 0.25) is 15.8 Å². The summed E-state index contributed by atoms with van der Waals surface area (Å²) in [5, 5.41) is 10.2. The topological polar surface area (TPSA) is 29.1 Å². The van der Waals surface area contributed by atoms with Crippen molar-refractivity contribution < 1.29 is 15.6 Å². The molecular formula is C33H21ClNO+. The van der Waals surface area contributed by atoms with Crippen LogP contribution in [0.1, 0.15) is 10.4 Å². The average molecular weight is 483 g/mol. The van der Waals surface area contributed by atoms with Gasteiger partial charge >= 0.3 is 0 Å². The van der Waals surface area contributed by atoms with Crippen LogP contribution >= 0.6 is 0 Å². The molecule has 0 aromatic heterocycles. The zero-order valence-electron chi connectivity index (χ0n) is 19.3. The van der Waals surface area contributed by atoms with Crippen LogP contribution in [0.25, 0.3) is 43.8 Å². The molecule has 1 aliphatic rings. The Morgan fingerprint density at radius 3 is 2.08 bits per heavy atom. The molecule has 0 atom stereocenters. The van der Waals surface area contributed by atoms with Crippen molar-refractivity contribution in [2.24, 2.45) is 0 Å². The SMILES string of the molecule is O=C(Nc1ccc2ccccc2c1-c1c2c(cc3ccccc13)-c1ccccc1[Cl+]2)c1ccccc1. The lowest BCUT2D eigenvalue weighted by Crippen LogP contribution is -2.12. The normalized spacial score (nSPS) is 11.9. The monoisotopic (exact) mass is 482 g/mol. The highest BCUT2D eigenvalue weighted by atomic mass is 35.5. The van der Waals surface area contributed by atoms with Crippen LogP contribution < -0.4 is 5.32 Å². The van der Waals surface area contributed by atoms with E-state index in [1.165, 1.54) is 31.9 Å². The Bertz CT molecular complexity index is 1810. The van der Waals surface area contributed by atoms with E-state index in [0.29, 0.717) is 5.56 Å². The summed E-state index contributed by atoms with van der Waals surface area (Å²) in [7, 11) is 2.45. The van der Waals surface area contributed by atoms with Crippen molar-refractivity contribution in [3.63, 3.8) is 0 Å². The Morgan fingerprint density at radius 1 is 0.583 bits per heavy atom. The van der Waals surface area contributed by atoms with E-state index in [1.54, 1.807) is 0 Å². The maximum atomic E-state index is 13.3. The average Bonchev–Trinajstić information content (AvgIpc) is 3.30. The van der Waals surface area contributed by atoms with Crippen LogP contribution in [-0.4, -0.2) is 5.91 Å². The summed E-state index contributed by atoms with van der Waals surface area (Å²) in [6, 6.07) is 41.3. The fourth-order valence-corrected chi connectivity index (χ4v) is 6.31. The number of nitrogens with one attached hydrogen (secondary N) is 1. The largest absolute Gasteiger partial charge is 0.321 e. The van der Waals surface area contributed by atoms with Crippen molar-refractivity contribution in [1.82, 2.24) is 0 Å². The number of hydrogen-bond acceptors (Lipinski definition) is 1. The summed E-state index contributed by atoms with van der Waals surface area (Å²) >= 11 is 0. The zero-order chi connectivity index (χ0) is 24.1. The van der Waals surface area contributed by atoms with Gasteiger partial charge in [-0.05, 0) is 51.9 Å². The molecular weight excluding hydrogens is 462 g/mol. The standard InChI is InChI=1S/C33H20ClNO/c36-33(22-11-2-1-3-12-22)35-29-19-18-21-10-4-6-14-24(21)30(29)31-25-15-7-5-13-23(25)20-27-26-16-8-9-17-28(26)34-32(27)31/h1-20H/p+1. The maximum absolute atomic E-state index is 13.3. The van der Waals surface area contributed by atoms with E-state index in [2.05, 4.69) is 101 Å². The Kier molecular flexibility index (Phi) is 4.87. The van der Waals surface area contributed by atoms with Crippen LogP contribution in [0.2, 0.25) is 10.0 Å². The Labute approximate surface area is 212 Å². The van der Waals surface area contributed by atoms with Crippen LogP contribution in [0.4, 0.5) is 5.69 Å². The number of halogens is 1. The molecule has 0 unspecified atom stereocenters. The van der Waals surface area contributed by atoms with Crippen LogP contribution in [0.15, 0.2) is 121 Å². The van der Waals surface area contributed by atoms with Gasteiger partial charge in [0.15, 0.2) is 0 Å². The fraction of sp³-hybridized carbons (Fsp3) is 0. The zero-order valence-corrected chi connectivity index (χ0v) is 20.1. The second-order valence-corrected chi connectivity index (χ2v) is 9.91. The summed E-state index contributed by atoms with van der Waals surface area (Å²) in [6.45, 7) is 0. The molecule has 0 bridgehead atoms. The van der Waals surface area contributed by atoms with Crippen molar-refractivity contribution in [3.8, 4) is 22.3 Å². The number of hydrogen-bond donors (Lipinski definition) is 1. The lowest BCUT2D eigenvalue weighted by atomic mass is 9.89. The Balaban J connectivity index is 1.54. The maximum Gasteiger partial charge on any atom is 0.255 e. The minimum atomic E-state index is -0.116. The summed E-state index contributed by atoms with van der Waals surface area (Å²) in [4.78, 5) is 13.3. The van der Waals surface area contributed by atoms with Gasteiger partial charge in [0.1, 0.15) is 0 Å². The summed E-state index contributed by atoms with van der Waals surface area (Å²) in [5.41, 5.74) is 6.10. The number of amides is 1. The lowest BCUT2D eigenvalue weighted by molar-refractivity contribution is -0.527. The van der Waals surface area contributed by atoms with Crippen LogP contribution in [0, 0.1) is 10.8 Å². The van der Waals surface area contributed by atoms with Crippen molar-refractivity contribution in [2.75, 3.05) is 5.32 Å². The van der Waals surface area contributed by atoms with Crippen LogP contribution in [0.3, 0.4) is 0 Å². The van der Waals surface area contributed by atoms with Crippen LogP contribution in [0.5, 0.6) is 0 Å². The van der Waals surface area contributed by atoms with Gasteiger partial charge in [-0.1, -0.05) is 84.9 Å². The molecule has 0 fully saturated rings. The third-order valence-electron chi connectivity index (χ3n) is 6.81. The fourth-order valence-electron chi connectivity index (χ4n) is 5.15. The predicted molar refractivity (Wildman–Crippen MR) is 145 cm³/mol. The molecule has 1 aliphatic heterocycles. The molecule has 6 aromatic carbocycles. The molecule has 2 nitrogen and oxygen atoms in total. The van der Waals surface area contributed by atoms with Gasteiger partial charge < -0.3 is 5.32 Å². The molecule has 0 spiro atoms. The minimum absolute atomic E-state index is 0.116. The molecule has 0 radical (unpaired) electrons. The summed E-state index contributed by atoms with van der Waals surface area (Å²) in [6.07, 6.45) is 0. The van der Waals surface area contributed by atoms with E-state index < -0.39 is 0 Å². The summed E-state index contributed by atoms with van der Waals surface area (Å²) < 4.78 is 0. The molecule has 0 saturated heterocycles. The third kappa shape index (κ3) is 3.30. The van der Waals surface area contributed by atoms with E-state index >= 15 is 0 Å². The number of benzene rings is 6. The van der Waals surface area contributed by atoms with Gasteiger partial charge in [-0.2, -0.15) is 0 Å². The van der Waals surface area contributed by atoms with E-state index in [9.17, 15) is 4.79 Å². The van der Waals surface area contributed by atoms with Gasteiger partial charge in [0.05, 0.1) is 16.7 Å². The quantitative estimate of drug-likeness (QED) is 0.268. The number of fused-ring (bicyclic) bond motifs is 5. The van der Waals surface area contributed by atoms with Crippen LogP contribution in [-0.2, 0) is 0 Å². The smallest absolute Gasteiger partial charge is 0.255 e. The second kappa shape index (κ2) is 8.37. The van der Waals surface area contributed by atoms with Crippen molar-refractivity contribution in [2.45, 2.75) is 0 Å².